The van der Waals surface area contributed by atoms with Crippen LogP contribution in [0.1, 0.15) is 39.5 Å². The molecule has 4 nitrogen and oxygen atoms in total. The highest BCUT2D eigenvalue weighted by molar-refractivity contribution is 7.89. The summed E-state index contributed by atoms with van der Waals surface area (Å²) in [6, 6.07) is 0. The van der Waals surface area contributed by atoms with E-state index in [0.717, 1.165) is 25.9 Å². The first-order chi connectivity index (χ1) is 6.95. The molecule has 5 heteroatoms. The number of primary sulfonamides is 1. The summed E-state index contributed by atoms with van der Waals surface area (Å²) in [5.74, 6) is 0.424. The van der Waals surface area contributed by atoms with Crippen molar-refractivity contribution in [2.75, 3.05) is 19.0 Å². The highest BCUT2D eigenvalue weighted by atomic mass is 32.2. The van der Waals surface area contributed by atoms with E-state index in [-0.39, 0.29) is 5.75 Å². The van der Waals surface area contributed by atoms with E-state index in [1.807, 2.05) is 6.92 Å². The summed E-state index contributed by atoms with van der Waals surface area (Å²) in [4.78, 5) is 0. The average molecular weight is 237 g/mol. The van der Waals surface area contributed by atoms with Crippen molar-refractivity contribution in [3.8, 4) is 0 Å². The SMILES string of the molecule is CCCCOCCC(C)CCS(N)(=O)=O. The van der Waals surface area contributed by atoms with E-state index in [2.05, 4.69) is 6.92 Å². The first kappa shape index (κ1) is 14.9. The lowest BCUT2D eigenvalue weighted by atomic mass is 10.1. The Labute approximate surface area is 93.2 Å². The molecule has 0 bridgehead atoms. The molecular weight excluding hydrogens is 214 g/mol. The van der Waals surface area contributed by atoms with E-state index in [9.17, 15) is 8.42 Å². The molecule has 0 fully saturated rings. The number of hydrogen-bond acceptors (Lipinski definition) is 3. The van der Waals surface area contributed by atoms with Crippen molar-refractivity contribution < 1.29 is 13.2 Å². The van der Waals surface area contributed by atoms with Gasteiger partial charge in [-0.3, -0.25) is 0 Å². The molecule has 0 saturated heterocycles. The zero-order chi connectivity index (χ0) is 11.7. The standard InChI is InChI=1S/C10H23NO3S/c1-3-4-7-14-8-5-10(2)6-9-15(11,12)13/h10H,3-9H2,1-2H3,(H2,11,12,13). The topological polar surface area (TPSA) is 69.4 Å². The largest absolute Gasteiger partial charge is 0.381 e. The minimum atomic E-state index is -3.30. The van der Waals surface area contributed by atoms with Crippen molar-refractivity contribution in [1.29, 1.82) is 0 Å². The summed E-state index contributed by atoms with van der Waals surface area (Å²) in [6.45, 7) is 5.66. The molecule has 0 aliphatic rings. The Morgan fingerprint density at radius 3 is 2.47 bits per heavy atom. The van der Waals surface area contributed by atoms with E-state index in [1.165, 1.54) is 0 Å². The normalized spacial score (nSPS) is 14.1. The quantitative estimate of drug-likeness (QED) is 0.618. The van der Waals surface area contributed by atoms with Crippen molar-refractivity contribution in [3.05, 3.63) is 0 Å². The number of ether oxygens (including phenoxy) is 1. The monoisotopic (exact) mass is 237 g/mol. The van der Waals surface area contributed by atoms with Crippen LogP contribution in [0.15, 0.2) is 0 Å². The van der Waals surface area contributed by atoms with Crippen molar-refractivity contribution in [3.63, 3.8) is 0 Å². The van der Waals surface area contributed by atoms with Gasteiger partial charge >= 0.3 is 0 Å². The smallest absolute Gasteiger partial charge is 0.209 e. The second kappa shape index (κ2) is 8.07. The molecule has 0 aromatic carbocycles. The summed E-state index contributed by atoms with van der Waals surface area (Å²) in [5, 5.41) is 4.92. The molecule has 0 aliphatic heterocycles. The lowest BCUT2D eigenvalue weighted by molar-refractivity contribution is 0.119. The number of unbranched alkanes of at least 4 members (excludes halogenated alkanes) is 1. The molecule has 0 aromatic heterocycles. The molecule has 1 unspecified atom stereocenters. The van der Waals surface area contributed by atoms with Crippen molar-refractivity contribution in [1.82, 2.24) is 0 Å². The Morgan fingerprint density at radius 1 is 1.27 bits per heavy atom. The van der Waals surface area contributed by atoms with Gasteiger partial charge in [0.05, 0.1) is 5.75 Å². The third kappa shape index (κ3) is 11.8. The number of rotatable bonds is 9. The van der Waals surface area contributed by atoms with Crippen LogP contribution in [0, 0.1) is 5.92 Å². The van der Waals surface area contributed by atoms with Crippen LogP contribution in [0.3, 0.4) is 0 Å². The van der Waals surface area contributed by atoms with Gasteiger partial charge in [0.2, 0.25) is 10.0 Å². The Hall–Kier alpha value is -0.130. The van der Waals surface area contributed by atoms with Gasteiger partial charge in [0.15, 0.2) is 0 Å². The molecule has 0 amide bonds. The third-order valence-corrected chi connectivity index (χ3v) is 3.10. The Balaban J connectivity index is 3.37. The molecule has 0 aromatic rings. The van der Waals surface area contributed by atoms with Gasteiger partial charge in [0, 0.05) is 13.2 Å². The van der Waals surface area contributed by atoms with Gasteiger partial charge < -0.3 is 4.74 Å². The molecule has 1 atom stereocenters. The van der Waals surface area contributed by atoms with Gasteiger partial charge in [-0.25, -0.2) is 13.6 Å². The average Bonchev–Trinajstić information content (AvgIpc) is 2.13. The highest BCUT2D eigenvalue weighted by Crippen LogP contribution is 2.08. The lowest BCUT2D eigenvalue weighted by Crippen LogP contribution is -2.18. The van der Waals surface area contributed by atoms with E-state index < -0.39 is 10.0 Å². The van der Waals surface area contributed by atoms with Gasteiger partial charge in [-0.15, -0.1) is 0 Å². The van der Waals surface area contributed by atoms with Crippen LogP contribution < -0.4 is 5.14 Å². The van der Waals surface area contributed by atoms with Gasteiger partial charge in [-0.05, 0) is 25.2 Å². The Bertz CT molecular complexity index is 239. The minimum Gasteiger partial charge on any atom is -0.381 e. The molecule has 92 valence electrons. The molecule has 15 heavy (non-hydrogen) atoms. The van der Waals surface area contributed by atoms with Gasteiger partial charge in [0.1, 0.15) is 0 Å². The Morgan fingerprint density at radius 2 is 1.93 bits per heavy atom. The molecule has 0 aliphatic carbocycles. The fourth-order valence-corrected chi connectivity index (χ4v) is 1.87. The van der Waals surface area contributed by atoms with E-state index >= 15 is 0 Å². The van der Waals surface area contributed by atoms with Crippen molar-refractivity contribution >= 4 is 10.0 Å². The van der Waals surface area contributed by atoms with Crippen LogP contribution >= 0.6 is 0 Å². The van der Waals surface area contributed by atoms with Crippen LogP contribution in [0.4, 0.5) is 0 Å². The number of hydrogen-bond donors (Lipinski definition) is 1. The Kier molecular flexibility index (Phi) is 8.00. The molecule has 0 rings (SSSR count). The van der Waals surface area contributed by atoms with Crippen LogP contribution in [-0.2, 0) is 14.8 Å². The fourth-order valence-electron chi connectivity index (χ4n) is 1.14. The van der Waals surface area contributed by atoms with Crippen LogP contribution in [0.5, 0.6) is 0 Å². The minimum absolute atomic E-state index is 0.0725. The summed E-state index contributed by atoms with van der Waals surface area (Å²) >= 11 is 0. The van der Waals surface area contributed by atoms with E-state index in [4.69, 9.17) is 9.88 Å². The summed E-state index contributed by atoms with van der Waals surface area (Å²) < 4.78 is 26.8. The molecule has 0 saturated carbocycles. The molecule has 0 heterocycles. The summed E-state index contributed by atoms with van der Waals surface area (Å²) in [7, 11) is -3.30. The summed E-state index contributed by atoms with van der Waals surface area (Å²) in [6.07, 6.45) is 3.75. The van der Waals surface area contributed by atoms with Crippen LogP contribution in [0.2, 0.25) is 0 Å². The molecule has 0 radical (unpaired) electrons. The van der Waals surface area contributed by atoms with Gasteiger partial charge in [0.25, 0.3) is 0 Å². The molecule has 0 spiro atoms. The van der Waals surface area contributed by atoms with E-state index in [1.54, 1.807) is 0 Å². The van der Waals surface area contributed by atoms with Gasteiger partial charge in [-0.2, -0.15) is 0 Å². The zero-order valence-corrected chi connectivity index (χ0v) is 10.6. The van der Waals surface area contributed by atoms with Crippen LogP contribution in [0.25, 0.3) is 0 Å². The molecular formula is C10H23NO3S. The second-order valence-corrected chi connectivity index (χ2v) is 5.75. The predicted octanol–water partition coefficient (Wildman–Crippen LogP) is 1.51. The summed E-state index contributed by atoms with van der Waals surface area (Å²) in [5.41, 5.74) is 0. The maximum Gasteiger partial charge on any atom is 0.209 e. The number of nitrogens with two attached hydrogens (primary N) is 1. The maximum absolute atomic E-state index is 10.7. The van der Waals surface area contributed by atoms with Gasteiger partial charge in [-0.1, -0.05) is 20.3 Å². The lowest BCUT2D eigenvalue weighted by Gasteiger charge is -2.10. The molecule has 2 N–H and O–H groups in total. The van der Waals surface area contributed by atoms with Crippen LogP contribution in [-0.4, -0.2) is 27.4 Å². The maximum atomic E-state index is 10.7. The predicted molar refractivity (Wildman–Crippen MR) is 62.1 cm³/mol. The second-order valence-electron chi connectivity index (χ2n) is 4.02. The first-order valence-corrected chi connectivity index (χ1v) is 7.25. The highest BCUT2D eigenvalue weighted by Gasteiger charge is 2.07. The number of sulfonamides is 1. The van der Waals surface area contributed by atoms with Crippen molar-refractivity contribution in [2.24, 2.45) is 11.1 Å². The first-order valence-electron chi connectivity index (χ1n) is 5.54. The zero-order valence-electron chi connectivity index (χ0n) is 9.74. The fraction of sp³-hybridized carbons (Fsp3) is 1.00. The van der Waals surface area contributed by atoms with Crippen molar-refractivity contribution in [2.45, 2.75) is 39.5 Å². The van der Waals surface area contributed by atoms with E-state index in [0.29, 0.717) is 18.9 Å². The third-order valence-electron chi connectivity index (χ3n) is 2.29.